The van der Waals surface area contributed by atoms with Gasteiger partial charge in [0.2, 0.25) is 10.0 Å². The van der Waals surface area contributed by atoms with E-state index in [0.29, 0.717) is 15.2 Å². The Morgan fingerprint density at radius 1 is 1.35 bits per heavy atom. The number of rotatable bonds is 4. The van der Waals surface area contributed by atoms with E-state index in [9.17, 15) is 23.1 Å². The smallest absolute Gasteiger partial charge is 0.435 e. The minimum atomic E-state index is -3.90. The summed E-state index contributed by atoms with van der Waals surface area (Å²) in [4.78, 5) is 23.7. The van der Waals surface area contributed by atoms with Gasteiger partial charge in [-0.05, 0) is 54.9 Å². The first-order valence-corrected chi connectivity index (χ1v) is 11.0. The van der Waals surface area contributed by atoms with Crippen LogP contribution >= 0.6 is 31.9 Å². The molecule has 2 rings (SSSR count). The van der Waals surface area contributed by atoms with Crippen LogP contribution in [0.15, 0.2) is 32.0 Å². The summed E-state index contributed by atoms with van der Waals surface area (Å²) in [6.07, 6.45) is -0.402. The molecule has 0 aliphatic carbocycles. The molecule has 0 bridgehead atoms. The number of halogens is 2. The van der Waals surface area contributed by atoms with Crippen LogP contribution < -0.4 is 4.72 Å². The minimum Gasteiger partial charge on any atom is -0.435 e. The van der Waals surface area contributed by atoms with Crippen molar-refractivity contribution in [2.75, 3.05) is 6.54 Å². The van der Waals surface area contributed by atoms with Crippen molar-refractivity contribution < 1.29 is 27.6 Å². The molecule has 1 saturated heterocycles. The Morgan fingerprint density at radius 2 is 1.96 bits per heavy atom. The van der Waals surface area contributed by atoms with E-state index in [1.54, 1.807) is 32.9 Å². The molecule has 1 unspecified atom stereocenters. The van der Waals surface area contributed by atoms with Crippen molar-refractivity contribution in [2.24, 2.45) is 0 Å². The van der Waals surface area contributed by atoms with Crippen LogP contribution in [-0.2, 0) is 14.8 Å². The second-order valence-electron chi connectivity index (χ2n) is 7.34. The fourth-order valence-corrected chi connectivity index (χ4v) is 6.26. The number of aldehydes is 1. The van der Waals surface area contributed by atoms with Crippen molar-refractivity contribution >= 4 is 54.3 Å². The van der Waals surface area contributed by atoms with Crippen LogP contribution in [0.4, 0.5) is 4.79 Å². The van der Waals surface area contributed by atoms with E-state index in [4.69, 9.17) is 0 Å². The van der Waals surface area contributed by atoms with Crippen molar-refractivity contribution in [1.29, 1.82) is 0 Å². The molecular weight excluding hydrogens is 492 g/mol. The SMILES string of the molecule is CC(C)(C)[N+]1(C(=O)O)C[C@H](NS(=O)(=O)c2cc(Br)ccc2Br)C[C@@H]1C=O. The summed E-state index contributed by atoms with van der Waals surface area (Å²) in [5, 5.41) is 9.84. The number of benzene rings is 1. The maximum atomic E-state index is 12.8. The molecule has 26 heavy (non-hydrogen) atoms. The predicted molar refractivity (Wildman–Crippen MR) is 103 cm³/mol. The van der Waals surface area contributed by atoms with E-state index in [1.807, 2.05) is 0 Å². The molecule has 1 aromatic rings. The summed E-state index contributed by atoms with van der Waals surface area (Å²) in [7, 11) is -3.90. The highest BCUT2D eigenvalue weighted by atomic mass is 79.9. The second kappa shape index (κ2) is 7.31. The highest BCUT2D eigenvalue weighted by Gasteiger charge is 2.60. The molecule has 144 valence electrons. The molecule has 7 nitrogen and oxygen atoms in total. The third-order valence-corrected chi connectivity index (χ3v) is 7.81. The van der Waals surface area contributed by atoms with E-state index >= 15 is 0 Å². The first-order chi connectivity index (χ1) is 11.8. The van der Waals surface area contributed by atoms with Gasteiger partial charge in [0, 0.05) is 15.4 Å². The van der Waals surface area contributed by atoms with Gasteiger partial charge < -0.3 is 5.11 Å². The van der Waals surface area contributed by atoms with E-state index < -0.39 is 38.2 Å². The second-order valence-corrected chi connectivity index (χ2v) is 10.8. The number of hydrogen-bond donors (Lipinski definition) is 2. The van der Waals surface area contributed by atoms with E-state index in [-0.39, 0.29) is 17.9 Å². The van der Waals surface area contributed by atoms with Crippen molar-refractivity contribution in [2.45, 2.75) is 49.7 Å². The lowest BCUT2D eigenvalue weighted by molar-refractivity contribution is -0.905. The lowest BCUT2D eigenvalue weighted by Gasteiger charge is -2.43. The molecule has 0 aromatic heterocycles. The standard InChI is InChI=1S/C16H20Br2N2O5S/c1-16(2,3)20(15(22)23)8-11(7-12(20)9-21)19-26(24,25)14-6-10(17)4-5-13(14)18/h4-6,9,11-12,19H,7-8H2,1-3H3/p+1/t11-,12-,20?/m1/s1. The van der Waals surface area contributed by atoms with Crippen LogP contribution in [0, 0.1) is 0 Å². The van der Waals surface area contributed by atoms with Gasteiger partial charge in [-0.1, -0.05) is 15.9 Å². The summed E-state index contributed by atoms with van der Waals surface area (Å²) >= 11 is 6.47. The fraction of sp³-hybridized carbons (Fsp3) is 0.500. The molecule has 1 aliphatic heterocycles. The van der Waals surface area contributed by atoms with Gasteiger partial charge in [-0.3, -0.25) is 4.79 Å². The zero-order valence-corrected chi connectivity index (χ0v) is 18.6. The summed E-state index contributed by atoms with van der Waals surface area (Å²) in [6, 6.07) is 3.27. The van der Waals surface area contributed by atoms with Crippen molar-refractivity contribution in [3.63, 3.8) is 0 Å². The van der Waals surface area contributed by atoms with E-state index in [1.165, 1.54) is 6.07 Å². The number of likely N-dealkylation sites (tertiary alicyclic amines) is 1. The molecule has 0 saturated carbocycles. The number of carbonyl (C=O) groups excluding carboxylic acids is 1. The highest BCUT2D eigenvalue weighted by Crippen LogP contribution is 2.37. The van der Waals surface area contributed by atoms with Gasteiger partial charge in [0.05, 0.1) is 10.9 Å². The number of sulfonamides is 1. The maximum Gasteiger partial charge on any atom is 0.514 e. The third kappa shape index (κ3) is 3.75. The predicted octanol–water partition coefficient (Wildman–Crippen LogP) is 3.12. The summed E-state index contributed by atoms with van der Waals surface area (Å²) in [5.41, 5.74) is -0.770. The Morgan fingerprint density at radius 3 is 2.42 bits per heavy atom. The first-order valence-electron chi connectivity index (χ1n) is 7.89. The number of carbonyl (C=O) groups is 2. The topological polar surface area (TPSA) is 101 Å². The Hall–Kier alpha value is -0.810. The highest BCUT2D eigenvalue weighted by molar-refractivity contribution is 9.11. The van der Waals surface area contributed by atoms with Crippen LogP contribution in [-0.4, -0.2) is 54.6 Å². The van der Waals surface area contributed by atoms with Crippen LogP contribution in [0.5, 0.6) is 0 Å². The van der Waals surface area contributed by atoms with E-state index in [2.05, 4.69) is 36.6 Å². The van der Waals surface area contributed by atoms with Gasteiger partial charge in [0.1, 0.15) is 12.1 Å². The molecule has 1 aromatic carbocycles. The average molecular weight is 513 g/mol. The van der Waals surface area contributed by atoms with Gasteiger partial charge in [-0.25, -0.2) is 17.6 Å². The maximum absolute atomic E-state index is 12.8. The number of nitrogens with one attached hydrogen (secondary N) is 1. The first kappa shape index (κ1) is 21.5. The molecule has 0 radical (unpaired) electrons. The Kier molecular flexibility index (Phi) is 6.04. The molecule has 10 heteroatoms. The summed E-state index contributed by atoms with van der Waals surface area (Å²) in [5.74, 6) is 0. The normalized spacial score (nSPS) is 26.7. The quantitative estimate of drug-likeness (QED) is 0.476. The van der Waals surface area contributed by atoms with Crippen LogP contribution in [0.25, 0.3) is 0 Å². The van der Waals surface area contributed by atoms with Gasteiger partial charge in [-0.15, -0.1) is 0 Å². The summed E-state index contributed by atoms with van der Waals surface area (Å²) < 4.78 is 28.6. The molecule has 1 aliphatic rings. The number of amides is 1. The molecular formula is C16H21Br2N2O5S+. The number of nitrogens with zero attached hydrogens (tertiary/aromatic N) is 1. The monoisotopic (exact) mass is 511 g/mol. The van der Waals surface area contributed by atoms with Crippen LogP contribution in [0.2, 0.25) is 0 Å². The van der Waals surface area contributed by atoms with Crippen LogP contribution in [0.1, 0.15) is 27.2 Å². The van der Waals surface area contributed by atoms with Crippen molar-refractivity contribution in [1.82, 2.24) is 4.72 Å². The summed E-state index contributed by atoms with van der Waals surface area (Å²) in [6.45, 7) is 5.20. The van der Waals surface area contributed by atoms with Gasteiger partial charge >= 0.3 is 6.09 Å². The Balaban J connectivity index is 2.38. The van der Waals surface area contributed by atoms with Crippen molar-refractivity contribution in [3.05, 3.63) is 27.1 Å². The molecule has 1 fully saturated rings. The zero-order valence-electron chi connectivity index (χ0n) is 14.6. The zero-order chi connectivity index (χ0) is 19.9. The fourth-order valence-electron chi connectivity index (χ4n) is 3.52. The largest absolute Gasteiger partial charge is 0.514 e. The molecule has 1 heterocycles. The number of quaternary nitrogens is 1. The van der Waals surface area contributed by atoms with Crippen LogP contribution in [0.3, 0.4) is 0 Å². The van der Waals surface area contributed by atoms with Gasteiger partial charge in [0.15, 0.2) is 12.3 Å². The molecule has 2 N–H and O–H groups in total. The molecule has 1 amide bonds. The van der Waals surface area contributed by atoms with Gasteiger partial charge in [0.25, 0.3) is 0 Å². The average Bonchev–Trinajstić information content (AvgIpc) is 2.88. The third-order valence-electron chi connectivity index (χ3n) is 4.80. The van der Waals surface area contributed by atoms with Gasteiger partial charge in [-0.2, -0.15) is 4.79 Å². The lowest BCUT2D eigenvalue weighted by atomic mass is 10.0. The molecule has 3 atom stereocenters. The number of carboxylic acid groups (broad SMARTS) is 1. The Bertz CT molecular complexity index is 838. The Labute approximate surface area is 169 Å². The molecule has 0 spiro atoms. The van der Waals surface area contributed by atoms with Crippen molar-refractivity contribution in [3.8, 4) is 0 Å². The number of hydrogen-bond acceptors (Lipinski definition) is 4. The van der Waals surface area contributed by atoms with E-state index in [0.717, 1.165) is 0 Å². The minimum absolute atomic E-state index is 0.00685. The lowest BCUT2D eigenvalue weighted by Crippen LogP contribution is -2.66.